The first-order valence-electron chi connectivity index (χ1n) is 10.8. The number of piperazine rings is 1. The SMILES string of the molecule is CCNC(=NCC1(N(C)C)CCOCC1)N1CCN(c2ccc(OC)cc2)CC1.I. The number of nitrogens with one attached hydrogen (secondary N) is 1. The van der Waals surface area contributed by atoms with Crippen molar-refractivity contribution >= 4 is 35.6 Å². The number of hydrogen-bond donors (Lipinski definition) is 1. The fraction of sp³-hybridized carbons (Fsp3) is 0.682. The van der Waals surface area contributed by atoms with Gasteiger partial charge in [0.15, 0.2) is 5.96 Å². The Bertz CT molecular complexity index is 654. The van der Waals surface area contributed by atoms with Gasteiger partial charge in [-0.05, 0) is 58.1 Å². The van der Waals surface area contributed by atoms with Crippen LogP contribution >= 0.6 is 24.0 Å². The molecule has 0 saturated carbocycles. The van der Waals surface area contributed by atoms with E-state index in [9.17, 15) is 0 Å². The number of halogens is 1. The van der Waals surface area contributed by atoms with E-state index in [2.05, 4.69) is 53.2 Å². The molecule has 0 aromatic heterocycles. The average Bonchev–Trinajstić information content (AvgIpc) is 2.77. The largest absolute Gasteiger partial charge is 0.497 e. The van der Waals surface area contributed by atoms with Crippen LogP contribution in [0.2, 0.25) is 0 Å². The smallest absolute Gasteiger partial charge is 0.194 e. The van der Waals surface area contributed by atoms with Gasteiger partial charge >= 0.3 is 0 Å². The van der Waals surface area contributed by atoms with Crippen LogP contribution in [0.1, 0.15) is 19.8 Å². The van der Waals surface area contributed by atoms with Crippen molar-refractivity contribution in [3.05, 3.63) is 24.3 Å². The third-order valence-corrected chi connectivity index (χ3v) is 6.25. The lowest BCUT2D eigenvalue weighted by Gasteiger charge is -2.42. The molecule has 0 spiro atoms. The summed E-state index contributed by atoms with van der Waals surface area (Å²) in [5.74, 6) is 1.94. The predicted octanol–water partition coefficient (Wildman–Crippen LogP) is 2.51. The van der Waals surface area contributed by atoms with E-state index in [1.165, 1.54) is 5.69 Å². The third-order valence-electron chi connectivity index (χ3n) is 6.25. The van der Waals surface area contributed by atoms with Gasteiger partial charge in [-0.1, -0.05) is 0 Å². The van der Waals surface area contributed by atoms with Crippen molar-refractivity contribution in [2.24, 2.45) is 4.99 Å². The summed E-state index contributed by atoms with van der Waals surface area (Å²) in [6.45, 7) is 9.40. The molecule has 2 fully saturated rings. The van der Waals surface area contributed by atoms with E-state index < -0.39 is 0 Å². The molecule has 2 aliphatic heterocycles. The maximum absolute atomic E-state index is 5.60. The zero-order valence-corrected chi connectivity index (χ0v) is 21.2. The van der Waals surface area contributed by atoms with E-state index in [0.717, 1.165) is 77.0 Å². The van der Waals surface area contributed by atoms with Gasteiger partial charge in [0.1, 0.15) is 5.75 Å². The Balaban J connectivity index is 0.00000320. The van der Waals surface area contributed by atoms with Crippen LogP contribution in [0.3, 0.4) is 0 Å². The minimum Gasteiger partial charge on any atom is -0.497 e. The van der Waals surface area contributed by atoms with Gasteiger partial charge in [-0.15, -0.1) is 24.0 Å². The van der Waals surface area contributed by atoms with Gasteiger partial charge in [0.2, 0.25) is 0 Å². The Morgan fingerprint density at radius 3 is 2.30 bits per heavy atom. The number of aliphatic imine (C=N–C) groups is 1. The fourth-order valence-electron chi connectivity index (χ4n) is 4.12. The number of nitrogens with zero attached hydrogens (tertiary/aromatic N) is 4. The summed E-state index contributed by atoms with van der Waals surface area (Å²) in [5.41, 5.74) is 1.35. The number of methoxy groups -OCH3 is 1. The second-order valence-electron chi connectivity index (χ2n) is 8.07. The van der Waals surface area contributed by atoms with Gasteiger partial charge < -0.3 is 29.5 Å². The van der Waals surface area contributed by atoms with Crippen molar-refractivity contribution in [1.29, 1.82) is 0 Å². The van der Waals surface area contributed by atoms with Crippen LogP contribution < -0.4 is 15.0 Å². The minimum absolute atomic E-state index is 0. The number of guanidine groups is 1. The molecule has 1 aromatic rings. The lowest BCUT2D eigenvalue weighted by molar-refractivity contribution is -0.00264. The first-order valence-corrected chi connectivity index (χ1v) is 10.8. The minimum atomic E-state index is 0. The molecule has 0 unspecified atom stereocenters. The van der Waals surface area contributed by atoms with Gasteiger partial charge in [-0.3, -0.25) is 4.99 Å². The van der Waals surface area contributed by atoms with Crippen LogP contribution in [0.15, 0.2) is 29.3 Å². The quantitative estimate of drug-likeness (QED) is 0.346. The standard InChI is InChI=1S/C22H37N5O2.HI/c1-5-23-21(24-18-22(25(2)3)10-16-29-17-11-22)27-14-12-26(13-15-27)19-6-8-20(28-4)9-7-19;/h6-9H,5,10-18H2,1-4H3,(H,23,24);1H. The molecule has 0 atom stereocenters. The summed E-state index contributed by atoms with van der Waals surface area (Å²) >= 11 is 0. The Labute approximate surface area is 198 Å². The highest BCUT2D eigenvalue weighted by molar-refractivity contribution is 14.0. The average molecular weight is 531 g/mol. The second kappa shape index (κ2) is 12.0. The predicted molar refractivity (Wildman–Crippen MR) is 135 cm³/mol. The normalized spacial score (nSPS) is 19.4. The van der Waals surface area contributed by atoms with E-state index in [4.69, 9.17) is 14.5 Å². The van der Waals surface area contributed by atoms with Gasteiger partial charge in [0.05, 0.1) is 13.7 Å². The number of rotatable bonds is 6. The Kier molecular flexibility index (Phi) is 9.96. The van der Waals surface area contributed by atoms with Gasteiger partial charge in [0.25, 0.3) is 0 Å². The van der Waals surface area contributed by atoms with Crippen LogP contribution in [0.4, 0.5) is 5.69 Å². The first kappa shape index (κ1) is 25.0. The highest BCUT2D eigenvalue weighted by Crippen LogP contribution is 2.26. The molecule has 2 heterocycles. The van der Waals surface area contributed by atoms with Gasteiger partial charge in [0, 0.05) is 57.2 Å². The zero-order chi connectivity index (χ0) is 20.7. The van der Waals surface area contributed by atoms with E-state index in [0.29, 0.717) is 0 Å². The molecule has 7 nitrogen and oxygen atoms in total. The lowest BCUT2D eigenvalue weighted by atomic mass is 9.89. The fourth-order valence-corrected chi connectivity index (χ4v) is 4.12. The van der Waals surface area contributed by atoms with Crippen molar-refractivity contribution < 1.29 is 9.47 Å². The molecule has 2 aliphatic rings. The Morgan fingerprint density at radius 2 is 1.77 bits per heavy atom. The van der Waals surface area contributed by atoms with Gasteiger partial charge in [-0.25, -0.2) is 0 Å². The van der Waals surface area contributed by atoms with E-state index in [-0.39, 0.29) is 29.5 Å². The molecular weight excluding hydrogens is 493 g/mol. The van der Waals surface area contributed by atoms with Crippen LogP contribution in [0.5, 0.6) is 5.75 Å². The first-order chi connectivity index (χ1) is 14.1. The van der Waals surface area contributed by atoms with Crippen LogP contribution in [-0.2, 0) is 4.74 Å². The van der Waals surface area contributed by atoms with E-state index in [1.54, 1.807) is 7.11 Å². The summed E-state index contributed by atoms with van der Waals surface area (Å²) in [6.07, 6.45) is 2.07. The third kappa shape index (κ3) is 6.13. The maximum Gasteiger partial charge on any atom is 0.194 e. The van der Waals surface area contributed by atoms with Crippen LogP contribution in [-0.4, -0.2) is 95.0 Å². The summed E-state index contributed by atoms with van der Waals surface area (Å²) in [6, 6.07) is 8.34. The highest BCUT2D eigenvalue weighted by Gasteiger charge is 2.35. The topological polar surface area (TPSA) is 52.6 Å². The Hall–Kier alpha value is -1.26. The van der Waals surface area contributed by atoms with Crippen LogP contribution in [0, 0.1) is 0 Å². The summed E-state index contributed by atoms with van der Waals surface area (Å²) in [5, 5.41) is 3.51. The highest BCUT2D eigenvalue weighted by atomic mass is 127. The van der Waals surface area contributed by atoms with E-state index in [1.807, 2.05) is 12.1 Å². The molecule has 0 bridgehead atoms. The molecule has 0 amide bonds. The maximum atomic E-state index is 5.60. The number of likely N-dealkylation sites (N-methyl/N-ethyl adjacent to an activating group) is 1. The summed E-state index contributed by atoms with van der Waals surface area (Å²) in [7, 11) is 6.04. The van der Waals surface area contributed by atoms with Crippen LogP contribution in [0.25, 0.3) is 0 Å². The molecule has 0 radical (unpaired) electrons. The van der Waals surface area contributed by atoms with Crippen molar-refractivity contribution in [2.75, 3.05) is 78.6 Å². The van der Waals surface area contributed by atoms with Crippen molar-refractivity contribution in [1.82, 2.24) is 15.1 Å². The van der Waals surface area contributed by atoms with Gasteiger partial charge in [-0.2, -0.15) is 0 Å². The monoisotopic (exact) mass is 531 g/mol. The molecule has 0 aliphatic carbocycles. The second-order valence-corrected chi connectivity index (χ2v) is 8.07. The van der Waals surface area contributed by atoms with E-state index >= 15 is 0 Å². The Morgan fingerprint density at radius 1 is 1.13 bits per heavy atom. The molecular formula is C22H38IN5O2. The zero-order valence-electron chi connectivity index (χ0n) is 18.9. The summed E-state index contributed by atoms with van der Waals surface area (Å²) in [4.78, 5) is 12.2. The number of anilines is 1. The lowest BCUT2D eigenvalue weighted by Crippen LogP contribution is -2.54. The molecule has 2 saturated heterocycles. The number of ether oxygens (including phenoxy) is 2. The van der Waals surface area contributed by atoms with Crippen molar-refractivity contribution in [3.63, 3.8) is 0 Å². The molecule has 1 aromatic carbocycles. The molecule has 1 N–H and O–H groups in total. The van der Waals surface area contributed by atoms with Crippen molar-refractivity contribution in [2.45, 2.75) is 25.3 Å². The van der Waals surface area contributed by atoms with Crippen molar-refractivity contribution in [3.8, 4) is 5.75 Å². The molecule has 30 heavy (non-hydrogen) atoms. The number of benzene rings is 1. The number of hydrogen-bond acceptors (Lipinski definition) is 5. The molecule has 3 rings (SSSR count). The molecule has 8 heteroatoms. The summed E-state index contributed by atoms with van der Waals surface area (Å²) < 4.78 is 10.9. The molecule has 170 valence electrons.